The van der Waals surface area contributed by atoms with E-state index in [2.05, 4.69) is 15.3 Å². The topological polar surface area (TPSA) is 76.5 Å². The van der Waals surface area contributed by atoms with Crippen LogP contribution in [-0.2, 0) is 16.1 Å². The molecule has 2 heterocycles. The van der Waals surface area contributed by atoms with Crippen molar-refractivity contribution in [2.24, 2.45) is 0 Å². The number of nitrogens with one attached hydrogen (secondary N) is 1. The highest BCUT2D eigenvalue weighted by molar-refractivity contribution is 5.81. The van der Waals surface area contributed by atoms with Crippen LogP contribution in [-0.4, -0.2) is 60.0 Å². The molecular weight excluding hydrogens is 308 g/mol. The maximum Gasteiger partial charge on any atom is 0.275 e. The van der Waals surface area contributed by atoms with Crippen LogP contribution < -0.4 is 10.9 Å². The molecule has 1 aliphatic heterocycles. The zero-order chi connectivity index (χ0) is 16.8. The number of ether oxygens (including phenoxy) is 1. The molecule has 24 heavy (non-hydrogen) atoms. The Morgan fingerprint density at radius 1 is 1.25 bits per heavy atom. The largest absolute Gasteiger partial charge is 0.379 e. The third-order valence-corrected chi connectivity index (χ3v) is 4.13. The summed E-state index contributed by atoms with van der Waals surface area (Å²) >= 11 is 0. The Bertz CT molecular complexity index is 753. The second-order valence-electron chi connectivity index (χ2n) is 5.85. The van der Waals surface area contributed by atoms with Crippen LogP contribution in [0.25, 0.3) is 10.8 Å². The van der Waals surface area contributed by atoms with E-state index in [9.17, 15) is 9.59 Å². The summed E-state index contributed by atoms with van der Waals surface area (Å²) in [5, 5.41) is 8.28. The van der Waals surface area contributed by atoms with E-state index in [1.54, 1.807) is 18.3 Å². The van der Waals surface area contributed by atoms with E-state index >= 15 is 0 Å². The molecule has 2 aromatic rings. The minimum absolute atomic E-state index is 0.0543. The fraction of sp³-hybridized carbons (Fsp3) is 0.471. The molecule has 1 saturated heterocycles. The molecule has 1 aliphatic rings. The highest BCUT2D eigenvalue weighted by Gasteiger charge is 2.10. The Morgan fingerprint density at radius 2 is 2.04 bits per heavy atom. The van der Waals surface area contributed by atoms with Crippen LogP contribution in [0, 0.1) is 0 Å². The van der Waals surface area contributed by atoms with Crippen molar-refractivity contribution in [1.29, 1.82) is 0 Å². The molecule has 7 heteroatoms. The summed E-state index contributed by atoms with van der Waals surface area (Å²) in [7, 11) is 0. The zero-order valence-electron chi connectivity index (χ0n) is 13.6. The molecule has 0 atom stereocenters. The summed E-state index contributed by atoms with van der Waals surface area (Å²) in [5.74, 6) is -0.193. The number of fused-ring (bicyclic) bond motifs is 1. The fourth-order valence-electron chi connectivity index (χ4n) is 2.79. The Kier molecular flexibility index (Phi) is 5.55. The highest BCUT2D eigenvalue weighted by atomic mass is 16.5. The van der Waals surface area contributed by atoms with Crippen molar-refractivity contribution in [3.63, 3.8) is 0 Å². The van der Waals surface area contributed by atoms with Gasteiger partial charge in [0.05, 0.1) is 24.8 Å². The van der Waals surface area contributed by atoms with E-state index in [0.717, 1.165) is 44.7 Å². The number of carbonyl (C=O) groups is 1. The van der Waals surface area contributed by atoms with Crippen LogP contribution in [0.2, 0.25) is 0 Å². The Hall–Kier alpha value is -2.25. The van der Waals surface area contributed by atoms with Crippen molar-refractivity contribution in [3.05, 3.63) is 40.8 Å². The maximum absolute atomic E-state index is 12.3. The van der Waals surface area contributed by atoms with E-state index in [-0.39, 0.29) is 18.0 Å². The van der Waals surface area contributed by atoms with Crippen molar-refractivity contribution in [2.45, 2.75) is 13.0 Å². The van der Waals surface area contributed by atoms with Gasteiger partial charge in [-0.1, -0.05) is 18.2 Å². The molecule has 1 fully saturated rings. The van der Waals surface area contributed by atoms with Gasteiger partial charge >= 0.3 is 0 Å². The van der Waals surface area contributed by atoms with E-state index in [1.165, 1.54) is 4.68 Å². The lowest BCUT2D eigenvalue weighted by molar-refractivity contribution is -0.121. The minimum atomic E-state index is -0.239. The van der Waals surface area contributed by atoms with Crippen LogP contribution in [0.3, 0.4) is 0 Å². The van der Waals surface area contributed by atoms with Gasteiger partial charge in [-0.2, -0.15) is 5.10 Å². The van der Waals surface area contributed by atoms with Gasteiger partial charge in [-0.05, 0) is 19.0 Å². The molecule has 1 N–H and O–H groups in total. The van der Waals surface area contributed by atoms with Gasteiger partial charge in [0, 0.05) is 25.0 Å². The fourth-order valence-corrected chi connectivity index (χ4v) is 2.79. The first-order valence-corrected chi connectivity index (χ1v) is 8.26. The Morgan fingerprint density at radius 3 is 2.88 bits per heavy atom. The van der Waals surface area contributed by atoms with Gasteiger partial charge < -0.3 is 10.1 Å². The first kappa shape index (κ1) is 16.6. The molecule has 1 amide bonds. The number of benzene rings is 1. The van der Waals surface area contributed by atoms with Crippen molar-refractivity contribution < 1.29 is 9.53 Å². The standard InChI is InChI=1S/C17H22N4O3/c22-16(18-6-3-7-20-8-10-24-11-9-20)13-21-17(23)15-5-2-1-4-14(15)12-19-21/h1-2,4-5,12H,3,6-11,13H2,(H,18,22). The lowest BCUT2D eigenvalue weighted by Gasteiger charge is -2.26. The number of morpholine rings is 1. The first-order chi connectivity index (χ1) is 11.7. The van der Waals surface area contributed by atoms with E-state index in [4.69, 9.17) is 4.74 Å². The number of hydrogen-bond donors (Lipinski definition) is 1. The minimum Gasteiger partial charge on any atom is -0.379 e. The molecular formula is C17H22N4O3. The number of rotatable bonds is 6. The average molecular weight is 330 g/mol. The first-order valence-electron chi connectivity index (χ1n) is 8.26. The number of nitrogens with zero attached hydrogens (tertiary/aromatic N) is 3. The summed E-state index contributed by atoms with van der Waals surface area (Å²) < 4.78 is 6.51. The quantitative estimate of drug-likeness (QED) is 0.768. The van der Waals surface area contributed by atoms with Crippen LogP contribution in [0.1, 0.15) is 6.42 Å². The predicted molar refractivity (Wildman–Crippen MR) is 90.9 cm³/mol. The van der Waals surface area contributed by atoms with E-state index < -0.39 is 0 Å². The smallest absolute Gasteiger partial charge is 0.275 e. The van der Waals surface area contributed by atoms with Crippen LogP contribution >= 0.6 is 0 Å². The number of hydrogen-bond acceptors (Lipinski definition) is 5. The third-order valence-electron chi connectivity index (χ3n) is 4.13. The third kappa shape index (κ3) is 4.18. The molecule has 0 unspecified atom stereocenters. The molecule has 1 aromatic heterocycles. The lowest BCUT2D eigenvalue weighted by atomic mass is 10.2. The van der Waals surface area contributed by atoms with Gasteiger partial charge in [-0.15, -0.1) is 0 Å². The SMILES string of the molecule is O=C(Cn1ncc2ccccc2c1=O)NCCCN1CCOCC1. The van der Waals surface area contributed by atoms with Gasteiger partial charge in [-0.3, -0.25) is 14.5 Å². The molecule has 0 aliphatic carbocycles. The molecule has 1 aromatic carbocycles. The van der Waals surface area contributed by atoms with E-state index in [0.29, 0.717) is 11.9 Å². The van der Waals surface area contributed by atoms with Gasteiger partial charge in [-0.25, -0.2) is 4.68 Å². The van der Waals surface area contributed by atoms with Crippen molar-refractivity contribution >= 4 is 16.7 Å². The number of amides is 1. The highest BCUT2D eigenvalue weighted by Crippen LogP contribution is 2.06. The summed E-state index contributed by atoms with van der Waals surface area (Å²) in [6.07, 6.45) is 2.49. The molecule has 0 spiro atoms. The van der Waals surface area contributed by atoms with Gasteiger partial charge in [0.25, 0.3) is 5.56 Å². The summed E-state index contributed by atoms with van der Waals surface area (Å²) in [6, 6.07) is 7.24. The summed E-state index contributed by atoms with van der Waals surface area (Å²) in [5.41, 5.74) is -0.239. The molecule has 0 bridgehead atoms. The predicted octanol–water partition coefficient (Wildman–Crippen LogP) is 0.235. The second-order valence-corrected chi connectivity index (χ2v) is 5.85. The molecule has 0 saturated carbocycles. The number of carbonyl (C=O) groups excluding carboxylic acids is 1. The van der Waals surface area contributed by atoms with Crippen molar-refractivity contribution in [3.8, 4) is 0 Å². The van der Waals surface area contributed by atoms with Crippen LogP contribution in [0.4, 0.5) is 0 Å². The maximum atomic E-state index is 12.3. The molecule has 7 nitrogen and oxygen atoms in total. The van der Waals surface area contributed by atoms with Gasteiger partial charge in [0.1, 0.15) is 6.54 Å². The Balaban J connectivity index is 1.48. The molecule has 0 radical (unpaired) electrons. The molecule has 3 rings (SSSR count). The van der Waals surface area contributed by atoms with Crippen molar-refractivity contribution in [1.82, 2.24) is 20.0 Å². The van der Waals surface area contributed by atoms with E-state index in [1.807, 2.05) is 12.1 Å². The van der Waals surface area contributed by atoms with Crippen LogP contribution in [0.15, 0.2) is 35.3 Å². The monoisotopic (exact) mass is 330 g/mol. The van der Waals surface area contributed by atoms with Gasteiger partial charge in [0.15, 0.2) is 0 Å². The lowest BCUT2D eigenvalue weighted by Crippen LogP contribution is -2.39. The Labute approximate surface area is 140 Å². The summed E-state index contributed by atoms with van der Waals surface area (Å²) in [4.78, 5) is 26.6. The van der Waals surface area contributed by atoms with Crippen LogP contribution in [0.5, 0.6) is 0 Å². The summed E-state index contributed by atoms with van der Waals surface area (Å²) in [6.45, 7) is 4.94. The zero-order valence-corrected chi connectivity index (χ0v) is 13.6. The van der Waals surface area contributed by atoms with Crippen molar-refractivity contribution in [2.75, 3.05) is 39.4 Å². The number of aromatic nitrogens is 2. The van der Waals surface area contributed by atoms with Gasteiger partial charge in [0.2, 0.25) is 5.91 Å². The molecule has 128 valence electrons. The normalized spacial score (nSPS) is 15.5. The second kappa shape index (κ2) is 8.03. The average Bonchev–Trinajstić information content (AvgIpc) is 2.62.